The van der Waals surface area contributed by atoms with Gasteiger partial charge in [0.2, 0.25) is 0 Å². The molecule has 0 bridgehead atoms. The quantitative estimate of drug-likeness (QED) is 0.620. The first-order valence-corrected chi connectivity index (χ1v) is 7.83. The number of rotatable bonds is 6. The van der Waals surface area contributed by atoms with Crippen molar-refractivity contribution in [3.63, 3.8) is 0 Å². The molecule has 0 fully saturated rings. The Morgan fingerprint density at radius 2 is 1.62 bits per heavy atom. The van der Waals surface area contributed by atoms with E-state index in [2.05, 4.69) is 0 Å². The van der Waals surface area contributed by atoms with Crippen molar-refractivity contribution in [1.29, 1.82) is 0 Å². The second-order valence-corrected chi connectivity index (χ2v) is 6.12. The van der Waals surface area contributed by atoms with E-state index < -0.39 is 36.1 Å². The highest BCUT2D eigenvalue weighted by Crippen LogP contribution is 2.32. The van der Waals surface area contributed by atoms with Crippen LogP contribution < -0.4 is 9.46 Å². The summed E-state index contributed by atoms with van der Waals surface area (Å²) in [4.78, 5) is 19.8. The Balaban J connectivity index is 2.51. The number of benzene rings is 2. The zero-order chi connectivity index (χ0) is 17.9. The van der Waals surface area contributed by atoms with Crippen LogP contribution in [0.1, 0.15) is 0 Å². The summed E-state index contributed by atoms with van der Waals surface area (Å²) in [6.07, 6.45) is 0. The van der Waals surface area contributed by atoms with Crippen molar-refractivity contribution >= 4 is 27.1 Å². The van der Waals surface area contributed by atoms with Crippen molar-refractivity contribution in [2.75, 3.05) is 11.8 Å². The van der Waals surface area contributed by atoms with E-state index in [0.29, 0.717) is 0 Å². The van der Waals surface area contributed by atoms with Crippen LogP contribution in [-0.4, -0.2) is 25.4 Å². The van der Waals surface area contributed by atoms with Crippen LogP contribution in [0.25, 0.3) is 0 Å². The fourth-order valence-electron chi connectivity index (χ4n) is 1.91. The zero-order valence-corrected chi connectivity index (χ0v) is 13.0. The molecule has 126 valence electrons. The molecule has 24 heavy (non-hydrogen) atoms. The standard InChI is InChI=1S/C13H11N3O7S/c1-23-9-6-7-10(12(8-9)16(19)20)14-24(21,22)13-5-3-2-4-11(13)15(17)18/h2-8,14H,1H3. The third-order valence-electron chi connectivity index (χ3n) is 3.00. The van der Waals surface area contributed by atoms with E-state index in [1.54, 1.807) is 0 Å². The first-order valence-electron chi connectivity index (χ1n) is 6.35. The van der Waals surface area contributed by atoms with Gasteiger partial charge in [-0.3, -0.25) is 25.0 Å². The summed E-state index contributed by atoms with van der Waals surface area (Å²) in [6.45, 7) is 0. The minimum atomic E-state index is -4.40. The summed E-state index contributed by atoms with van der Waals surface area (Å²) in [7, 11) is -3.10. The molecule has 10 nitrogen and oxygen atoms in total. The molecule has 0 unspecified atom stereocenters. The molecule has 0 aliphatic heterocycles. The van der Waals surface area contributed by atoms with Gasteiger partial charge < -0.3 is 4.74 Å². The molecule has 0 aliphatic carbocycles. The fraction of sp³-hybridized carbons (Fsp3) is 0.0769. The van der Waals surface area contributed by atoms with Gasteiger partial charge in [-0.15, -0.1) is 0 Å². The van der Waals surface area contributed by atoms with E-state index in [1.807, 2.05) is 4.72 Å². The third-order valence-corrected chi connectivity index (χ3v) is 4.41. The largest absolute Gasteiger partial charge is 0.496 e. The topological polar surface area (TPSA) is 142 Å². The molecule has 0 atom stereocenters. The Morgan fingerprint density at radius 1 is 1.00 bits per heavy atom. The molecule has 11 heteroatoms. The van der Waals surface area contributed by atoms with Crippen LogP contribution in [0.3, 0.4) is 0 Å². The number of nitro groups is 2. The lowest BCUT2D eigenvalue weighted by Crippen LogP contribution is -2.15. The molecular formula is C13H11N3O7S. The average molecular weight is 353 g/mol. The van der Waals surface area contributed by atoms with Crippen LogP contribution in [-0.2, 0) is 10.0 Å². The Bertz CT molecular complexity index is 912. The Kier molecular flexibility index (Phi) is 4.64. The first kappa shape index (κ1) is 17.1. The Morgan fingerprint density at radius 3 is 2.21 bits per heavy atom. The van der Waals surface area contributed by atoms with E-state index >= 15 is 0 Å². The zero-order valence-electron chi connectivity index (χ0n) is 12.2. The van der Waals surface area contributed by atoms with Gasteiger partial charge in [0.15, 0.2) is 4.90 Å². The molecule has 2 aromatic rings. The predicted octanol–water partition coefficient (Wildman–Crippen LogP) is 2.31. The number of methoxy groups -OCH3 is 1. The molecule has 2 aromatic carbocycles. The van der Waals surface area contributed by atoms with E-state index in [-0.39, 0.29) is 11.4 Å². The maximum Gasteiger partial charge on any atom is 0.297 e. The number of hydrogen-bond donors (Lipinski definition) is 1. The second-order valence-electron chi connectivity index (χ2n) is 4.47. The second kappa shape index (κ2) is 6.50. The monoisotopic (exact) mass is 353 g/mol. The lowest BCUT2D eigenvalue weighted by Gasteiger charge is -2.09. The van der Waals surface area contributed by atoms with Crippen LogP contribution in [0.2, 0.25) is 0 Å². The highest BCUT2D eigenvalue weighted by molar-refractivity contribution is 7.92. The number of nitrogens with zero attached hydrogens (tertiary/aromatic N) is 2. The maximum absolute atomic E-state index is 12.4. The van der Waals surface area contributed by atoms with E-state index in [1.165, 1.54) is 25.3 Å². The van der Waals surface area contributed by atoms with Gasteiger partial charge in [-0.1, -0.05) is 12.1 Å². The predicted molar refractivity (Wildman–Crippen MR) is 83.6 cm³/mol. The lowest BCUT2D eigenvalue weighted by molar-refractivity contribution is -0.387. The fourth-order valence-corrected chi connectivity index (χ4v) is 3.16. The Labute approximate surface area is 136 Å². The van der Waals surface area contributed by atoms with Crippen LogP contribution in [0.5, 0.6) is 5.75 Å². The van der Waals surface area contributed by atoms with E-state index in [9.17, 15) is 28.6 Å². The minimum absolute atomic E-state index is 0.162. The molecule has 0 saturated carbocycles. The number of para-hydroxylation sites is 1. The van der Waals surface area contributed by atoms with Gasteiger partial charge in [-0.2, -0.15) is 0 Å². The highest BCUT2D eigenvalue weighted by Gasteiger charge is 2.27. The smallest absolute Gasteiger partial charge is 0.297 e. The average Bonchev–Trinajstić information content (AvgIpc) is 2.54. The third kappa shape index (κ3) is 3.41. The first-order chi connectivity index (χ1) is 11.3. The van der Waals surface area contributed by atoms with Crippen molar-refractivity contribution in [3.05, 3.63) is 62.7 Å². The molecule has 0 aromatic heterocycles. The van der Waals surface area contributed by atoms with Crippen molar-refractivity contribution in [3.8, 4) is 5.75 Å². The SMILES string of the molecule is COc1ccc(NS(=O)(=O)c2ccccc2[N+](=O)[O-])c([N+](=O)[O-])c1. The van der Waals surface area contributed by atoms with Crippen LogP contribution >= 0.6 is 0 Å². The van der Waals surface area contributed by atoms with Gasteiger partial charge >= 0.3 is 0 Å². The van der Waals surface area contributed by atoms with Crippen molar-refractivity contribution in [2.45, 2.75) is 4.90 Å². The van der Waals surface area contributed by atoms with Gasteiger partial charge in [0.1, 0.15) is 11.4 Å². The number of anilines is 1. The van der Waals surface area contributed by atoms with Crippen LogP contribution in [0.15, 0.2) is 47.4 Å². The maximum atomic E-state index is 12.4. The van der Waals surface area contributed by atoms with Crippen molar-refractivity contribution in [1.82, 2.24) is 0 Å². The van der Waals surface area contributed by atoms with Gasteiger partial charge in [-0.05, 0) is 18.2 Å². The molecule has 0 heterocycles. The van der Waals surface area contributed by atoms with Gasteiger partial charge in [0.25, 0.3) is 21.4 Å². The molecule has 2 rings (SSSR count). The van der Waals surface area contributed by atoms with E-state index in [4.69, 9.17) is 4.74 Å². The van der Waals surface area contributed by atoms with Crippen LogP contribution in [0.4, 0.5) is 17.1 Å². The number of hydrogen-bond acceptors (Lipinski definition) is 7. The number of sulfonamides is 1. The molecule has 0 saturated heterocycles. The molecule has 0 spiro atoms. The summed E-state index contributed by atoms with van der Waals surface area (Å²) >= 11 is 0. The van der Waals surface area contributed by atoms with Crippen molar-refractivity contribution in [2.24, 2.45) is 0 Å². The molecule has 0 aliphatic rings. The number of nitro benzene ring substituents is 2. The van der Waals surface area contributed by atoms with Crippen molar-refractivity contribution < 1.29 is 23.0 Å². The molecular weight excluding hydrogens is 342 g/mol. The molecule has 0 amide bonds. The summed E-state index contributed by atoms with van der Waals surface area (Å²) in [5.74, 6) is 0.162. The number of nitrogens with one attached hydrogen (secondary N) is 1. The van der Waals surface area contributed by atoms with Gasteiger partial charge in [0, 0.05) is 6.07 Å². The van der Waals surface area contributed by atoms with E-state index in [0.717, 1.165) is 24.3 Å². The van der Waals surface area contributed by atoms with Gasteiger partial charge in [-0.25, -0.2) is 8.42 Å². The lowest BCUT2D eigenvalue weighted by atomic mass is 10.2. The normalized spacial score (nSPS) is 10.9. The highest BCUT2D eigenvalue weighted by atomic mass is 32.2. The van der Waals surface area contributed by atoms with Crippen LogP contribution in [0, 0.1) is 20.2 Å². The minimum Gasteiger partial charge on any atom is -0.496 e. The number of ether oxygens (including phenoxy) is 1. The summed E-state index contributed by atoms with van der Waals surface area (Å²) in [5, 5.41) is 22.1. The Hall–Kier alpha value is -3.21. The molecule has 1 N–H and O–H groups in total. The summed E-state index contributed by atoms with van der Waals surface area (Å²) in [5.41, 5.74) is -1.52. The summed E-state index contributed by atoms with van der Waals surface area (Å²) < 4.78 is 31.6. The summed E-state index contributed by atoms with van der Waals surface area (Å²) in [6, 6.07) is 8.19. The van der Waals surface area contributed by atoms with Gasteiger partial charge in [0.05, 0.1) is 23.0 Å². The molecule has 0 radical (unpaired) electrons.